The molecule has 1 aromatic carbocycles. The van der Waals surface area contributed by atoms with E-state index in [0.717, 1.165) is 30.3 Å². The molecule has 4 heteroatoms. The average molecular weight is 283 g/mol. The zero-order valence-electron chi connectivity index (χ0n) is 11.7. The van der Waals surface area contributed by atoms with Gasteiger partial charge in [-0.2, -0.15) is 0 Å². The first-order chi connectivity index (χ1) is 9.11. The summed E-state index contributed by atoms with van der Waals surface area (Å²) in [5, 5.41) is 0.770. The van der Waals surface area contributed by atoms with Gasteiger partial charge in [0.1, 0.15) is 0 Å². The van der Waals surface area contributed by atoms with Crippen molar-refractivity contribution in [3.05, 3.63) is 28.8 Å². The summed E-state index contributed by atoms with van der Waals surface area (Å²) < 4.78 is 5.23. The van der Waals surface area contributed by atoms with E-state index in [0.29, 0.717) is 5.92 Å². The van der Waals surface area contributed by atoms with Gasteiger partial charge in [-0.25, -0.2) is 0 Å². The molecular formula is C15H23ClN2O. The molecule has 1 fully saturated rings. The van der Waals surface area contributed by atoms with Crippen molar-refractivity contribution in [2.24, 2.45) is 11.7 Å². The van der Waals surface area contributed by atoms with Crippen molar-refractivity contribution in [1.82, 2.24) is 0 Å². The number of benzene rings is 1. The third-order valence-corrected chi connectivity index (χ3v) is 4.18. The van der Waals surface area contributed by atoms with Crippen LogP contribution in [0.5, 0.6) is 0 Å². The van der Waals surface area contributed by atoms with E-state index in [2.05, 4.69) is 11.0 Å². The van der Waals surface area contributed by atoms with Crippen LogP contribution in [0.3, 0.4) is 0 Å². The second-order valence-electron chi connectivity index (χ2n) is 5.38. The molecule has 106 valence electrons. The summed E-state index contributed by atoms with van der Waals surface area (Å²) in [5.41, 5.74) is 8.10. The molecular weight excluding hydrogens is 260 g/mol. The van der Waals surface area contributed by atoms with Crippen LogP contribution >= 0.6 is 11.6 Å². The molecule has 0 bridgehead atoms. The Kier molecular flexibility index (Phi) is 5.08. The summed E-state index contributed by atoms with van der Waals surface area (Å²) in [7, 11) is 1.78. The molecule has 2 N–H and O–H groups in total. The predicted octanol–water partition coefficient (Wildman–Crippen LogP) is 3.22. The quantitative estimate of drug-likeness (QED) is 0.921. The third-order valence-electron chi connectivity index (χ3n) is 3.86. The lowest BCUT2D eigenvalue weighted by Gasteiger charge is -2.33. The Bertz CT molecular complexity index is 415. The minimum Gasteiger partial charge on any atom is -0.384 e. The van der Waals surface area contributed by atoms with Gasteiger partial charge < -0.3 is 15.4 Å². The first-order valence-electron chi connectivity index (χ1n) is 6.90. The molecule has 1 heterocycles. The summed E-state index contributed by atoms with van der Waals surface area (Å²) in [5.74, 6) is 0.694. The number of nitrogens with two attached hydrogens (primary N) is 1. The maximum Gasteiger partial charge on any atom is 0.0491 e. The highest BCUT2D eigenvalue weighted by Gasteiger charge is 2.20. The Morgan fingerprint density at radius 3 is 2.63 bits per heavy atom. The van der Waals surface area contributed by atoms with Crippen molar-refractivity contribution >= 4 is 17.3 Å². The highest BCUT2D eigenvalue weighted by atomic mass is 35.5. The van der Waals surface area contributed by atoms with Crippen LogP contribution in [0.1, 0.15) is 31.4 Å². The number of hydrogen-bond acceptors (Lipinski definition) is 3. The van der Waals surface area contributed by atoms with Gasteiger partial charge in [-0.05, 0) is 43.4 Å². The fourth-order valence-electron chi connectivity index (χ4n) is 2.68. The fraction of sp³-hybridized carbons (Fsp3) is 0.600. The number of ether oxygens (including phenoxy) is 1. The van der Waals surface area contributed by atoms with Crippen molar-refractivity contribution in [2.45, 2.75) is 25.8 Å². The van der Waals surface area contributed by atoms with Gasteiger partial charge in [0, 0.05) is 43.6 Å². The standard InChI is InChI=1S/C15H23ClN2O/c1-11(17)14-4-3-13(9-15(14)16)18-7-5-12(6-8-18)10-19-2/h3-4,9,11-12H,5-8,10,17H2,1-2H3. The van der Waals surface area contributed by atoms with Crippen LogP contribution in [0.2, 0.25) is 5.02 Å². The first-order valence-corrected chi connectivity index (χ1v) is 7.28. The molecule has 0 radical (unpaired) electrons. The monoisotopic (exact) mass is 282 g/mol. The molecule has 2 rings (SSSR count). The van der Waals surface area contributed by atoms with Gasteiger partial charge in [0.05, 0.1) is 0 Å². The van der Waals surface area contributed by atoms with E-state index in [1.165, 1.54) is 18.5 Å². The topological polar surface area (TPSA) is 38.5 Å². The van der Waals surface area contributed by atoms with E-state index < -0.39 is 0 Å². The summed E-state index contributed by atoms with van der Waals surface area (Å²) in [6, 6.07) is 6.19. The zero-order chi connectivity index (χ0) is 13.8. The van der Waals surface area contributed by atoms with E-state index in [-0.39, 0.29) is 6.04 Å². The summed E-state index contributed by atoms with van der Waals surface area (Å²) >= 11 is 6.30. The molecule has 0 saturated carbocycles. The van der Waals surface area contributed by atoms with Gasteiger partial charge >= 0.3 is 0 Å². The van der Waals surface area contributed by atoms with E-state index in [1.54, 1.807) is 7.11 Å². The van der Waals surface area contributed by atoms with Crippen LogP contribution in [-0.4, -0.2) is 26.8 Å². The van der Waals surface area contributed by atoms with Crippen molar-refractivity contribution in [1.29, 1.82) is 0 Å². The summed E-state index contributed by atoms with van der Waals surface area (Å²) in [6.45, 7) is 4.97. The van der Waals surface area contributed by atoms with Gasteiger partial charge in [-0.3, -0.25) is 0 Å². The molecule has 1 saturated heterocycles. The second-order valence-corrected chi connectivity index (χ2v) is 5.79. The first kappa shape index (κ1) is 14.6. The van der Waals surface area contributed by atoms with Crippen LogP contribution in [0.25, 0.3) is 0 Å². The average Bonchev–Trinajstić information content (AvgIpc) is 2.39. The van der Waals surface area contributed by atoms with Gasteiger partial charge in [0.25, 0.3) is 0 Å². The third kappa shape index (κ3) is 3.62. The molecule has 0 aliphatic carbocycles. The Balaban J connectivity index is 2.02. The smallest absolute Gasteiger partial charge is 0.0491 e. The van der Waals surface area contributed by atoms with Gasteiger partial charge in [-0.1, -0.05) is 17.7 Å². The molecule has 1 atom stereocenters. The van der Waals surface area contributed by atoms with Crippen LogP contribution in [0.4, 0.5) is 5.69 Å². The van der Waals surface area contributed by atoms with Crippen molar-refractivity contribution in [3.63, 3.8) is 0 Å². The number of rotatable bonds is 4. The number of nitrogens with zero attached hydrogens (tertiary/aromatic N) is 1. The molecule has 19 heavy (non-hydrogen) atoms. The highest BCUT2D eigenvalue weighted by molar-refractivity contribution is 6.31. The van der Waals surface area contributed by atoms with Crippen molar-refractivity contribution < 1.29 is 4.74 Å². The normalized spacial score (nSPS) is 18.6. The minimum absolute atomic E-state index is 0.0195. The Labute approximate surface area is 120 Å². The molecule has 0 aromatic heterocycles. The molecule has 1 unspecified atom stereocenters. The van der Waals surface area contributed by atoms with E-state index in [4.69, 9.17) is 22.1 Å². The minimum atomic E-state index is -0.0195. The Morgan fingerprint density at radius 2 is 2.11 bits per heavy atom. The van der Waals surface area contributed by atoms with Gasteiger partial charge in [0.15, 0.2) is 0 Å². The summed E-state index contributed by atoms with van der Waals surface area (Å²) in [4.78, 5) is 2.39. The van der Waals surface area contributed by atoms with Crippen LogP contribution in [0.15, 0.2) is 18.2 Å². The van der Waals surface area contributed by atoms with Crippen LogP contribution < -0.4 is 10.6 Å². The number of methoxy groups -OCH3 is 1. The van der Waals surface area contributed by atoms with Crippen LogP contribution in [-0.2, 0) is 4.74 Å². The largest absolute Gasteiger partial charge is 0.384 e. The van der Waals surface area contributed by atoms with Gasteiger partial charge in [-0.15, -0.1) is 0 Å². The molecule has 1 aliphatic rings. The molecule has 1 aromatic rings. The number of halogens is 1. The van der Waals surface area contributed by atoms with Crippen molar-refractivity contribution in [2.75, 3.05) is 31.7 Å². The van der Waals surface area contributed by atoms with E-state index in [1.807, 2.05) is 19.1 Å². The van der Waals surface area contributed by atoms with E-state index >= 15 is 0 Å². The summed E-state index contributed by atoms with van der Waals surface area (Å²) in [6.07, 6.45) is 2.36. The number of piperidine rings is 1. The molecule has 0 spiro atoms. The molecule has 1 aliphatic heterocycles. The maximum atomic E-state index is 6.30. The lowest BCUT2D eigenvalue weighted by atomic mass is 9.97. The highest BCUT2D eigenvalue weighted by Crippen LogP contribution is 2.29. The Morgan fingerprint density at radius 1 is 1.42 bits per heavy atom. The zero-order valence-corrected chi connectivity index (χ0v) is 12.5. The SMILES string of the molecule is COCC1CCN(c2ccc(C(C)N)c(Cl)c2)CC1. The lowest BCUT2D eigenvalue weighted by molar-refractivity contribution is 0.139. The number of hydrogen-bond donors (Lipinski definition) is 1. The van der Waals surface area contributed by atoms with E-state index in [9.17, 15) is 0 Å². The maximum absolute atomic E-state index is 6.30. The van der Waals surface area contributed by atoms with Crippen LogP contribution in [0, 0.1) is 5.92 Å². The molecule has 0 amide bonds. The Hall–Kier alpha value is -0.770. The van der Waals surface area contributed by atoms with Gasteiger partial charge in [0.2, 0.25) is 0 Å². The van der Waals surface area contributed by atoms with Crippen molar-refractivity contribution in [3.8, 4) is 0 Å². The second kappa shape index (κ2) is 6.60. The molecule has 3 nitrogen and oxygen atoms in total. The number of anilines is 1. The lowest BCUT2D eigenvalue weighted by Crippen LogP contribution is -2.35. The predicted molar refractivity (Wildman–Crippen MR) is 80.9 cm³/mol. The fourth-order valence-corrected chi connectivity index (χ4v) is 3.02.